The van der Waals surface area contributed by atoms with Crippen LogP contribution in [0.5, 0.6) is 11.5 Å². The van der Waals surface area contributed by atoms with Crippen LogP contribution in [0.1, 0.15) is 46.9 Å². The Kier molecular flexibility index (Phi) is 8.48. The SMILES string of the molecule is CCCOc1ccc(C(=O)CCC(=O)NNC(=O)c2cc(Cl)ccc2OC)cc1. The van der Waals surface area contributed by atoms with E-state index in [0.29, 0.717) is 28.7 Å². The maximum absolute atomic E-state index is 12.2. The van der Waals surface area contributed by atoms with Crippen LogP contribution in [0, 0.1) is 0 Å². The second-order valence-electron chi connectivity index (χ2n) is 6.14. The van der Waals surface area contributed by atoms with Crippen LogP contribution in [-0.4, -0.2) is 31.3 Å². The molecule has 0 spiro atoms. The summed E-state index contributed by atoms with van der Waals surface area (Å²) in [5, 5.41) is 0.360. The molecule has 154 valence electrons. The van der Waals surface area contributed by atoms with Crippen LogP contribution in [0.2, 0.25) is 5.02 Å². The van der Waals surface area contributed by atoms with Crippen molar-refractivity contribution in [1.29, 1.82) is 0 Å². The van der Waals surface area contributed by atoms with E-state index in [1.54, 1.807) is 36.4 Å². The molecule has 0 heterocycles. The lowest BCUT2D eigenvalue weighted by atomic mass is 10.1. The van der Waals surface area contributed by atoms with E-state index in [1.807, 2.05) is 6.92 Å². The zero-order valence-corrected chi connectivity index (χ0v) is 17.0. The molecule has 0 saturated carbocycles. The molecule has 29 heavy (non-hydrogen) atoms. The fraction of sp³-hybridized carbons (Fsp3) is 0.286. The first-order valence-electron chi connectivity index (χ1n) is 9.13. The number of rotatable bonds is 9. The Bertz CT molecular complexity index is 868. The van der Waals surface area contributed by atoms with Gasteiger partial charge in [-0.2, -0.15) is 0 Å². The minimum atomic E-state index is -0.577. The first-order chi connectivity index (χ1) is 13.9. The van der Waals surface area contributed by atoms with Crippen molar-refractivity contribution in [3.05, 3.63) is 58.6 Å². The molecule has 0 bridgehead atoms. The van der Waals surface area contributed by atoms with Gasteiger partial charge in [0.1, 0.15) is 11.5 Å². The van der Waals surface area contributed by atoms with Gasteiger partial charge in [0.15, 0.2) is 5.78 Å². The van der Waals surface area contributed by atoms with Gasteiger partial charge in [0.2, 0.25) is 5.91 Å². The Labute approximate surface area is 174 Å². The van der Waals surface area contributed by atoms with Crippen molar-refractivity contribution >= 4 is 29.2 Å². The van der Waals surface area contributed by atoms with Crippen molar-refractivity contribution in [3.8, 4) is 11.5 Å². The van der Waals surface area contributed by atoms with Crippen molar-refractivity contribution in [2.45, 2.75) is 26.2 Å². The standard InChI is InChI=1S/C21H23ClN2O5/c1-3-12-29-16-7-4-14(5-8-16)18(25)9-11-20(26)23-24-21(27)17-13-15(22)6-10-19(17)28-2/h4-8,10,13H,3,9,11-12H2,1-2H3,(H,23,26)(H,24,27). The molecule has 0 aromatic heterocycles. The highest BCUT2D eigenvalue weighted by atomic mass is 35.5. The predicted molar refractivity (Wildman–Crippen MR) is 109 cm³/mol. The normalized spacial score (nSPS) is 10.2. The number of benzene rings is 2. The zero-order valence-electron chi connectivity index (χ0n) is 16.3. The fourth-order valence-electron chi connectivity index (χ4n) is 2.44. The number of amides is 2. The van der Waals surface area contributed by atoms with Crippen molar-refractivity contribution in [1.82, 2.24) is 10.9 Å². The molecule has 2 amide bonds. The lowest BCUT2D eigenvalue weighted by Gasteiger charge is -2.10. The third kappa shape index (κ3) is 6.80. The highest BCUT2D eigenvalue weighted by Gasteiger charge is 2.15. The number of halogens is 1. The van der Waals surface area contributed by atoms with Gasteiger partial charge in [0.05, 0.1) is 19.3 Å². The van der Waals surface area contributed by atoms with E-state index in [4.69, 9.17) is 21.1 Å². The quantitative estimate of drug-likeness (QED) is 0.479. The number of hydrogen-bond acceptors (Lipinski definition) is 5. The number of nitrogens with one attached hydrogen (secondary N) is 2. The number of hydrogen-bond donors (Lipinski definition) is 2. The molecule has 0 atom stereocenters. The smallest absolute Gasteiger partial charge is 0.273 e. The van der Waals surface area contributed by atoms with Crippen LogP contribution in [0.25, 0.3) is 0 Å². The van der Waals surface area contributed by atoms with Crippen LogP contribution in [0.4, 0.5) is 0 Å². The Morgan fingerprint density at radius 2 is 1.72 bits per heavy atom. The summed E-state index contributed by atoms with van der Waals surface area (Å²) in [5.74, 6) is -0.227. The summed E-state index contributed by atoms with van der Waals surface area (Å²) in [5.41, 5.74) is 5.24. The van der Waals surface area contributed by atoms with Crippen molar-refractivity contribution in [2.24, 2.45) is 0 Å². The number of carbonyl (C=O) groups is 3. The second kappa shape index (κ2) is 11.1. The Morgan fingerprint density at radius 1 is 1.00 bits per heavy atom. The molecule has 0 fully saturated rings. The third-order valence-electron chi connectivity index (χ3n) is 3.95. The van der Waals surface area contributed by atoms with E-state index in [-0.39, 0.29) is 24.2 Å². The maximum Gasteiger partial charge on any atom is 0.273 e. The molecular weight excluding hydrogens is 396 g/mol. The lowest BCUT2D eigenvalue weighted by Crippen LogP contribution is -2.41. The van der Waals surface area contributed by atoms with Gasteiger partial charge < -0.3 is 9.47 Å². The van der Waals surface area contributed by atoms with Crippen LogP contribution in [-0.2, 0) is 4.79 Å². The number of methoxy groups -OCH3 is 1. The average molecular weight is 419 g/mol. The number of hydrazine groups is 1. The summed E-state index contributed by atoms with van der Waals surface area (Å²) in [6, 6.07) is 11.3. The topological polar surface area (TPSA) is 93.7 Å². The Morgan fingerprint density at radius 3 is 2.38 bits per heavy atom. The molecule has 2 rings (SSSR count). The molecular formula is C21H23ClN2O5. The van der Waals surface area contributed by atoms with Crippen LogP contribution in [0.15, 0.2) is 42.5 Å². The molecule has 0 radical (unpaired) electrons. The van der Waals surface area contributed by atoms with Crippen molar-refractivity contribution in [2.75, 3.05) is 13.7 Å². The monoisotopic (exact) mass is 418 g/mol. The van der Waals surface area contributed by atoms with Gasteiger partial charge in [0, 0.05) is 23.4 Å². The first-order valence-corrected chi connectivity index (χ1v) is 9.51. The van der Waals surface area contributed by atoms with Crippen molar-refractivity contribution in [3.63, 3.8) is 0 Å². The molecule has 8 heteroatoms. The number of Topliss-reactive ketones (excluding diaryl/α,β-unsaturated/α-hetero) is 1. The first kappa shape index (κ1) is 22.2. The summed E-state index contributed by atoms with van der Waals surface area (Å²) in [7, 11) is 1.42. The number of ketones is 1. The van der Waals surface area contributed by atoms with E-state index < -0.39 is 11.8 Å². The molecule has 0 saturated heterocycles. The summed E-state index contributed by atoms with van der Waals surface area (Å²) in [6.45, 7) is 2.62. The van der Waals surface area contributed by atoms with E-state index in [0.717, 1.165) is 6.42 Å². The van der Waals surface area contributed by atoms with Crippen LogP contribution >= 0.6 is 11.6 Å². The number of carbonyl (C=O) groups excluding carboxylic acids is 3. The lowest BCUT2D eigenvalue weighted by molar-refractivity contribution is -0.121. The van der Waals surface area contributed by atoms with Gasteiger partial charge in [-0.25, -0.2) is 0 Å². The molecule has 0 aliphatic heterocycles. The highest BCUT2D eigenvalue weighted by Crippen LogP contribution is 2.22. The molecule has 0 unspecified atom stereocenters. The Hall–Kier alpha value is -3.06. The molecule has 7 nitrogen and oxygen atoms in total. The Balaban J connectivity index is 1.81. The van der Waals surface area contributed by atoms with E-state index in [9.17, 15) is 14.4 Å². The second-order valence-corrected chi connectivity index (χ2v) is 6.58. The maximum atomic E-state index is 12.2. The third-order valence-corrected chi connectivity index (χ3v) is 4.18. The van der Waals surface area contributed by atoms with Gasteiger partial charge in [-0.3, -0.25) is 25.2 Å². The van der Waals surface area contributed by atoms with Gasteiger partial charge in [0.25, 0.3) is 5.91 Å². The summed E-state index contributed by atoms with van der Waals surface area (Å²) >= 11 is 5.89. The average Bonchev–Trinajstić information content (AvgIpc) is 2.74. The predicted octanol–water partition coefficient (Wildman–Crippen LogP) is 3.56. The van der Waals surface area contributed by atoms with Crippen molar-refractivity contribution < 1.29 is 23.9 Å². The summed E-state index contributed by atoms with van der Waals surface area (Å²) in [4.78, 5) is 36.4. The molecule has 0 aliphatic carbocycles. The molecule has 2 aromatic rings. The molecule has 2 N–H and O–H groups in total. The van der Waals surface area contributed by atoms with Gasteiger partial charge >= 0.3 is 0 Å². The minimum Gasteiger partial charge on any atom is -0.496 e. The van der Waals surface area contributed by atoms with Gasteiger partial charge in [-0.15, -0.1) is 0 Å². The largest absolute Gasteiger partial charge is 0.496 e. The van der Waals surface area contributed by atoms with Crippen LogP contribution in [0.3, 0.4) is 0 Å². The number of ether oxygens (including phenoxy) is 2. The summed E-state index contributed by atoms with van der Waals surface area (Å²) in [6.07, 6.45) is 0.841. The van der Waals surface area contributed by atoms with Crippen LogP contribution < -0.4 is 20.3 Å². The molecule has 0 aliphatic rings. The molecule has 2 aromatic carbocycles. The minimum absolute atomic E-state index is 0.0113. The fourth-order valence-corrected chi connectivity index (χ4v) is 2.61. The van der Waals surface area contributed by atoms with E-state index in [1.165, 1.54) is 13.2 Å². The zero-order chi connectivity index (χ0) is 21.2. The van der Waals surface area contributed by atoms with Gasteiger partial charge in [-0.1, -0.05) is 18.5 Å². The summed E-state index contributed by atoms with van der Waals surface area (Å²) < 4.78 is 10.6. The van der Waals surface area contributed by atoms with E-state index in [2.05, 4.69) is 10.9 Å². The van der Waals surface area contributed by atoms with E-state index >= 15 is 0 Å². The van der Waals surface area contributed by atoms with Gasteiger partial charge in [-0.05, 0) is 48.9 Å². The highest BCUT2D eigenvalue weighted by molar-refractivity contribution is 6.31.